The van der Waals surface area contributed by atoms with Crippen LogP contribution in [0.2, 0.25) is 0 Å². The van der Waals surface area contributed by atoms with E-state index >= 15 is 0 Å². The molecule has 2 amide bonds. The van der Waals surface area contributed by atoms with Gasteiger partial charge in [-0.25, -0.2) is 0 Å². The van der Waals surface area contributed by atoms with Gasteiger partial charge in [-0.3, -0.25) is 9.59 Å². The molecule has 1 heterocycles. The van der Waals surface area contributed by atoms with Crippen molar-refractivity contribution in [1.29, 1.82) is 0 Å². The number of nitrogens with zero attached hydrogens (tertiary/aromatic N) is 2. The van der Waals surface area contributed by atoms with Crippen LogP contribution in [0.1, 0.15) is 49.3 Å². The Morgan fingerprint density at radius 3 is 2.49 bits per heavy atom. The Bertz CT molecular complexity index is 1150. The number of likely N-dealkylation sites (N-methyl/N-ethyl adjacent to an activating group) is 1. The lowest BCUT2D eigenvalue weighted by molar-refractivity contribution is -0.141. The number of aromatic nitrogens is 1. The maximum Gasteiger partial charge on any atom is 0.247 e. The number of H-pyrrole nitrogens is 1. The normalized spacial score (nSPS) is 15.3. The number of fused-ring (bicyclic) bond motifs is 1. The van der Waals surface area contributed by atoms with Gasteiger partial charge in [0, 0.05) is 40.7 Å². The van der Waals surface area contributed by atoms with E-state index < -0.39 is 6.04 Å². The standard InChI is InChI=1S/C28H35BrN4O2/c1-32(2)16-17-33(26(34)18-20-19-30-25-15-9-7-12-22(20)25)27(23-13-6-8-14-24(23)29)28(35)31-21-10-4-3-5-11-21/h6-9,12-15,19,21,27,30H,3-5,10-11,16-18H2,1-2H3,(H,31,35). The number of nitrogens with one attached hydrogen (secondary N) is 2. The molecule has 186 valence electrons. The summed E-state index contributed by atoms with van der Waals surface area (Å²) in [7, 11) is 3.97. The maximum atomic E-state index is 13.9. The Balaban J connectivity index is 1.67. The van der Waals surface area contributed by atoms with Gasteiger partial charge in [0.05, 0.1) is 6.42 Å². The zero-order valence-electron chi connectivity index (χ0n) is 20.6. The Labute approximate surface area is 216 Å². The SMILES string of the molecule is CN(C)CCN(C(=O)Cc1c[nH]c2ccccc12)C(C(=O)NC1CCCCC1)c1ccccc1Br. The van der Waals surface area contributed by atoms with Crippen molar-refractivity contribution in [3.05, 3.63) is 70.3 Å². The van der Waals surface area contributed by atoms with Gasteiger partial charge in [0.1, 0.15) is 6.04 Å². The van der Waals surface area contributed by atoms with Crippen molar-refractivity contribution in [3.63, 3.8) is 0 Å². The smallest absolute Gasteiger partial charge is 0.247 e. The van der Waals surface area contributed by atoms with Gasteiger partial charge in [0.25, 0.3) is 0 Å². The highest BCUT2D eigenvalue weighted by molar-refractivity contribution is 9.10. The molecule has 3 aromatic rings. The minimum atomic E-state index is -0.704. The van der Waals surface area contributed by atoms with Gasteiger partial charge in [-0.2, -0.15) is 0 Å². The van der Waals surface area contributed by atoms with Crippen molar-refractivity contribution in [1.82, 2.24) is 20.1 Å². The number of para-hydroxylation sites is 1. The quantitative estimate of drug-likeness (QED) is 0.400. The first-order valence-electron chi connectivity index (χ1n) is 12.5. The second kappa shape index (κ2) is 11.9. The zero-order valence-corrected chi connectivity index (χ0v) is 22.2. The predicted octanol–water partition coefficient (Wildman–Crippen LogP) is 5.05. The third kappa shape index (κ3) is 6.33. The van der Waals surface area contributed by atoms with E-state index in [1.807, 2.05) is 73.7 Å². The molecule has 2 aromatic carbocycles. The summed E-state index contributed by atoms with van der Waals surface area (Å²) >= 11 is 3.65. The minimum Gasteiger partial charge on any atom is -0.361 e. The highest BCUT2D eigenvalue weighted by Gasteiger charge is 2.34. The maximum absolute atomic E-state index is 13.9. The topological polar surface area (TPSA) is 68.4 Å². The number of aromatic amines is 1. The lowest BCUT2D eigenvalue weighted by atomic mass is 9.94. The van der Waals surface area contributed by atoms with Gasteiger partial charge >= 0.3 is 0 Å². The molecular weight excluding hydrogens is 504 g/mol. The van der Waals surface area contributed by atoms with Crippen molar-refractivity contribution >= 4 is 38.6 Å². The van der Waals surface area contributed by atoms with E-state index in [4.69, 9.17) is 0 Å². The van der Waals surface area contributed by atoms with Crippen molar-refractivity contribution < 1.29 is 9.59 Å². The molecule has 2 N–H and O–H groups in total. The number of amides is 2. The fraction of sp³-hybridized carbons (Fsp3) is 0.429. The van der Waals surface area contributed by atoms with Gasteiger partial charge in [-0.15, -0.1) is 0 Å². The lowest BCUT2D eigenvalue weighted by Crippen LogP contribution is -2.49. The third-order valence-corrected chi connectivity index (χ3v) is 7.56. The molecule has 0 saturated heterocycles. The average Bonchev–Trinajstić information content (AvgIpc) is 3.25. The summed E-state index contributed by atoms with van der Waals surface area (Å²) < 4.78 is 0.832. The summed E-state index contributed by atoms with van der Waals surface area (Å²) in [6.07, 6.45) is 7.61. The molecule has 1 aliphatic carbocycles. The fourth-order valence-electron chi connectivity index (χ4n) is 4.92. The second-order valence-corrected chi connectivity index (χ2v) is 10.5. The van der Waals surface area contributed by atoms with Crippen LogP contribution < -0.4 is 5.32 Å². The molecule has 1 fully saturated rings. The number of benzene rings is 2. The Hall–Kier alpha value is -2.64. The van der Waals surface area contributed by atoms with Crippen molar-refractivity contribution in [2.45, 2.75) is 50.6 Å². The molecule has 35 heavy (non-hydrogen) atoms. The Kier molecular flexibility index (Phi) is 8.63. The monoisotopic (exact) mass is 538 g/mol. The van der Waals surface area contributed by atoms with Crippen LogP contribution in [0.4, 0.5) is 0 Å². The van der Waals surface area contributed by atoms with E-state index in [1.165, 1.54) is 6.42 Å². The predicted molar refractivity (Wildman–Crippen MR) is 144 cm³/mol. The van der Waals surface area contributed by atoms with Crippen LogP contribution in [0.3, 0.4) is 0 Å². The van der Waals surface area contributed by atoms with E-state index in [1.54, 1.807) is 4.90 Å². The molecule has 1 unspecified atom stereocenters. The fourth-order valence-corrected chi connectivity index (χ4v) is 5.42. The number of hydrogen-bond donors (Lipinski definition) is 2. The summed E-state index contributed by atoms with van der Waals surface area (Å²) in [5.74, 6) is -0.161. The van der Waals surface area contributed by atoms with Crippen LogP contribution in [-0.4, -0.2) is 59.8 Å². The van der Waals surface area contributed by atoms with E-state index in [9.17, 15) is 9.59 Å². The summed E-state index contributed by atoms with van der Waals surface area (Å²) in [4.78, 5) is 34.8. The van der Waals surface area contributed by atoms with E-state index in [0.717, 1.165) is 52.2 Å². The highest BCUT2D eigenvalue weighted by atomic mass is 79.9. The third-order valence-electron chi connectivity index (χ3n) is 6.84. The molecule has 6 nitrogen and oxygen atoms in total. The summed E-state index contributed by atoms with van der Waals surface area (Å²) in [5, 5.41) is 4.32. The van der Waals surface area contributed by atoms with Crippen molar-refractivity contribution in [2.75, 3.05) is 27.2 Å². The van der Waals surface area contributed by atoms with Gasteiger partial charge in [-0.1, -0.05) is 71.6 Å². The van der Waals surface area contributed by atoms with Crippen molar-refractivity contribution in [3.8, 4) is 0 Å². The molecule has 1 saturated carbocycles. The first-order valence-corrected chi connectivity index (χ1v) is 13.3. The zero-order chi connectivity index (χ0) is 24.8. The van der Waals surface area contributed by atoms with Gasteiger partial charge in [0.15, 0.2) is 0 Å². The molecule has 7 heteroatoms. The first-order chi connectivity index (χ1) is 16.9. The number of hydrogen-bond acceptors (Lipinski definition) is 3. The van der Waals surface area contributed by atoms with E-state index in [0.29, 0.717) is 13.1 Å². The molecule has 0 aliphatic heterocycles. The summed E-state index contributed by atoms with van der Waals surface area (Å²) in [6, 6.07) is 15.2. The van der Waals surface area contributed by atoms with E-state index in [-0.39, 0.29) is 24.3 Å². The number of carbonyl (C=O) groups is 2. The number of carbonyl (C=O) groups excluding carboxylic acids is 2. The molecule has 0 bridgehead atoms. The number of halogens is 1. The Morgan fingerprint density at radius 1 is 1.03 bits per heavy atom. The first kappa shape index (κ1) is 25.5. The van der Waals surface area contributed by atoms with Crippen LogP contribution in [-0.2, 0) is 16.0 Å². The van der Waals surface area contributed by atoms with Crippen LogP contribution >= 0.6 is 15.9 Å². The second-order valence-electron chi connectivity index (χ2n) is 9.69. The highest BCUT2D eigenvalue weighted by Crippen LogP contribution is 2.30. The van der Waals surface area contributed by atoms with Crippen LogP contribution in [0, 0.1) is 0 Å². The molecule has 4 rings (SSSR count). The van der Waals surface area contributed by atoms with Crippen LogP contribution in [0.15, 0.2) is 59.2 Å². The van der Waals surface area contributed by atoms with E-state index in [2.05, 4.69) is 26.2 Å². The summed E-state index contributed by atoms with van der Waals surface area (Å²) in [5.41, 5.74) is 2.76. The lowest BCUT2D eigenvalue weighted by Gasteiger charge is -2.34. The van der Waals surface area contributed by atoms with Crippen LogP contribution in [0.5, 0.6) is 0 Å². The molecule has 0 spiro atoms. The van der Waals surface area contributed by atoms with Gasteiger partial charge in [-0.05, 0) is 50.2 Å². The number of rotatable bonds is 9. The van der Waals surface area contributed by atoms with Crippen molar-refractivity contribution in [2.24, 2.45) is 0 Å². The summed E-state index contributed by atoms with van der Waals surface area (Å²) in [6.45, 7) is 1.12. The molecule has 0 radical (unpaired) electrons. The van der Waals surface area contributed by atoms with Gasteiger partial charge < -0.3 is 20.1 Å². The molecule has 1 aromatic heterocycles. The van der Waals surface area contributed by atoms with Gasteiger partial charge in [0.2, 0.25) is 11.8 Å². The Morgan fingerprint density at radius 2 is 1.74 bits per heavy atom. The minimum absolute atomic E-state index is 0.0591. The molecular formula is C28H35BrN4O2. The molecule has 1 aliphatic rings. The molecule has 1 atom stereocenters. The largest absolute Gasteiger partial charge is 0.361 e. The van der Waals surface area contributed by atoms with Crippen LogP contribution in [0.25, 0.3) is 10.9 Å². The average molecular weight is 540 g/mol.